The number of hydrogen-bond acceptors (Lipinski definition) is 4. The van der Waals surface area contributed by atoms with Gasteiger partial charge >= 0.3 is 0 Å². The zero-order chi connectivity index (χ0) is 21.8. The van der Waals surface area contributed by atoms with Crippen molar-refractivity contribution in [3.05, 3.63) is 82.1 Å². The molecular weight excluding hydrogens is 418 g/mol. The van der Waals surface area contributed by atoms with E-state index in [1.54, 1.807) is 7.11 Å². The molecule has 162 valence electrons. The summed E-state index contributed by atoms with van der Waals surface area (Å²) >= 11 is 1.42. The van der Waals surface area contributed by atoms with Crippen LogP contribution < -0.4 is 9.64 Å². The molecule has 4 nitrogen and oxygen atoms in total. The Hall–Kier alpha value is -2.77. The minimum Gasteiger partial charge on any atom is -0.497 e. The van der Waals surface area contributed by atoms with E-state index < -0.39 is 11.6 Å². The summed E-state index contributed by atoms with van der Waals surface area (Å²) in [5.41, 5.74) is 0.886. The molecule has 1 aliphatic heterocycles. The van der Waals surface area contributed by atoms with Crippen molar-refractivity contribution in [1.82, 2.24) is 4.90 Å². The van der Waals surface area contributed by atoms with E-state index in [0.29, 0.717) is 36.6 Å². The van der Waals surface area contributed by atoms with Gasteiger partial charge in [0.05, 0.1) is 12.0 Å². The minimum atomic E-state index is -0.520. The molecule has 1 fully saturated rings. The van der Waals surface area contributed by atoms with Crippen molar-refractivity contribution >= 4 is 22.9 Å². The van der Waals surface area contributed by atoms with Crippen LogP contribution in [0.2, 0.25) is 0 Å². The Balaban J connectivity index is 1.52. The van der Waals surface area contributed by atoms with Crippen LogP contribution in [-0.2, 0) is 6.54 Å². The van der Waals surface area contributed by atoms with Gasteiger partial charge in [-0.15, -0.1) is 11.3 Å². The summed E-state index contributed by atoms with van der Waals surface area (Å²) in [6.07, 6.45) is 1.43. The first-order chi connectivity index (χ1) is 15.1. The van der Waals surface area contributed by atoms with Crippen LogP contribution in [0.1, 0.15) is 28.1 Å². The Morgan fingerprint density at radius 2 is 1.81 bits per heavy atom. The number of halogens is 2. The second kappa shape index (κ2) is 9.58. The fourth-order valence-corrected chi connectivity index (χ4v) is 4.68. The molecule has 0 atom stereocenters. The first-order valence-electron chi connectivity index (χ1n) is 10.2. The van der Waals surface area contributed by atoms with E-state index in [0.717, 1.165) is 5.69 Å². The topological polar surface area (TPSA) is 32.8 Å². The van der Waals surface area contributed by atoms with Crippen molar-refractivity contribution in [3.8, 4) is 5.75 Å². The average molecular weight is 443 g/mol. The Morgan fingerprint density at radius 1 is 1.10 bits per heavy atom. The summed E-state index contributed by atoms with van der Waals surface area (Å²) in [6.45, 7) is 1.52. The number of amides is 1. The fourth-order valence-electron chi connectivity index (χ4n) is 4.02. The second-order valence-electron chi connectivity index (χ2n) is 7.56. The molecule has 0 spiro atoms. The van der Waals surface area contributed by atoms with E-state index >= 15 is 0 Å². The number of hydrogen-bond donors (Lipinski definition) is 0. The van der Waals surface area contributed by atoms with Gasteiger partial charge in [-0.2, -0.15) is 0 Å². The first-order valence-corrected chi connectivity index (χ1v) is 11.1. The molecule has 1 aromatic heterocycles. The summed E-state index contributed by atoms with van der Waals surface area (Å²) in [4.78, 5) is 17.9. The van der Waals surface area contributed by atoms with E-state index in [2.05, 4.69) is 0 Å². The van der Waals surface area contributed by atoms with Crippen molar-refractivity contribution in [2.24, 2.45) is 0 Å². The second-order valence-corrected chi connectivity index (χ2v) is 8.51. The highest BCUT2D eigenvalue weighted by Gasteiger charge is 2.31. The monoisotopic (exact) mass is 442 g/mol. The number of carbonyl (C=O) groups excluding carboxylic acids is 1. The quantitative estimate of drug-likeness (QED) is 0.516. The number of methoxy groups -OCH3 is 1. The fraction of sp³-hybridized carbons (Fsp3) is 0.292. The lowest BCUT2D eigenvalue weighted by atomic mass is 10.0. The number of nitrogens with zero attached hydrogens (tertiary/aromatic N) is 2. The number of thiophene rings is 1. The summed E-state index contributed by atoms with van der Waals surface area (Å²) in [5, 5.41) is 1.89. The van der Waals surface area contributed by atoms with Gasteiger partial charge in [0.15, 0.2) is 0 Å². The van der Waals surface area contributed by atoms with Crippen LogP contribution in [0, 0.1) is 11.6 Å². The van der Waals surface area contributed by atoms with Crippen molar-refractivity contribution in [3.63, 3.8) is 0 Å². The zero-order valence-corrected chi connectivity index (χ0v) is 18.1. The third-order valence-corrected chi connectivity index (χ3v) is 6.51. The van der Waals surface area contributed by atoms with Crippen LogP contribution in [0.15, 0.2) is 60.0 Å². The van der Waals surface area contributed by atoms with Gasteiger partial charge in [0.1, 0.15) is 17.4 Å². The van der Waals surface area contributed by atoms with Gasteiger partial charge < -0.3 is 9.64 Å². The molecule has 7 heteroatoms. The van der Waals surface area contributed by atoms with E-state index in [9.17, 15) is 13.6 Å². The molecule has 0 saturated carbocycles. The van der Waals surface area contributed by atoms with E-state index in [1.807, 2.05) is 51.6 Å². The summed E-state index contributed by atoms with van der Waals surface area (Å²) in [6, 6.07) is 15.1. The Kier molecular flexibility index (Phi) is 6.63. The van der Waals surface area contributed by atoms with Crippen LogP contribution in [0.3, 0.4) is 0 Å². The number of rotatable bonds is 6. The van der Waals surface area contributed by atoms with Crippen molar-refractivity contribution < 1.29 is 18.3 Å². The minimum absolute atomic E-state index is 0.0107. The molecule has 0 aliphatic carbocycles. The maximum atomic E-state index is 14.0. The van der Waals surface area contributed by atoms with Crippen LogP contribution in [0.5, 0.6) is 5.75 Å². The lowest BCUT2D eigenvalue weighted by molar-refractivity contribution is 0.0962. The number of likely N-dealkylation sites (tertiary alicyclic amines) is 1. The standard InChI is InChI=1S/C24H24F2N2O2S/c1-30-19-6-2-5-18(15-19)28(24(29)23-9-4-14-31-23)17-10-12-27(13-11-17)16-20-21(25)7-3-8-22(20)26/h2-9,14-15,17H,10-13,16H2,1H3. The maximum absolute atomic E-state index is 14.0. The predicted octanol–water partition coefficient (Wildman–Crippen LogP) is 5.35. The number of piperidine rings is 1. The lowest BCUT2D eigenvalue weighted by Crippen LogP contribution is -2.47. The first kappa shape index (κ1) is 21.5. The lowest BCUT2D eigenvalue weighted by Gasteiger charge is -2.38. The molecule has 0 N–H and O–H groups in total. The molecule has 1 amide bonds. The highest BCUT2D eigenvalue weighted by atomic mass is 32.1. The smallest absolute Gasteiger partial charge is 0.268 e. The number of anilines is 1. The molecule has 2 aromatic carbocycles. The van der Waals surface area contributed by atoms with Crippen molar-refractivity contribution in [1.29, 1.82) is 0 Å². The Morgan fingerprint density at radius 3 is 2.45 bits per heavy atom. The zero-order valence-electron chi connectivity index (χ0n) is 17.3. The van der Waals surface area contributed by atoms with Crippen LogP contribution >= 0.6 is 11.3 Å². The number of benzene rings is 2. The average Bonchev–Trinajstić information content (AvgIpc) is 3.33. The largest absolute Gasteiger partial charge is 0.497 e. The summed E-state index contributed by atoms with van der Waals surface area (Å²) in [7, 11) is 1.60. The molecule has 31 heavy (non-hydrogen) atoms. The number of carbonyl (C=O) groups is 1. The van der Waals surface area contributed by atoms with Gasteiger partial charge in [-0.3, -0.25) is 9.69 Å². The van der Waals surface area contributed by atoms with Gasteiger partial charge in [-0.05, 0) is 48.6 Å². The van der Waals surface area contributed by atoms with E-state index in [4.69, 9.17) is 4.74 Å². The normalized spacial score (nSPS) is 15.1. The van der Waals surface area contributed by atoms with Crippen LogP contribution in [-0.4, -0.2) is 37.0 Å². The highest BCUT2D eigenvalue weighted by Crippen LogP contribution is 2.30. The van der Waals surface area contributed by atoms with Gasteiger partial charge in [0.25, 0.3) is 5.91 Å². The predicted molar refractivity (Wildman–Crippen MR) is 119 cm³/mol. The Labute approximate surface area is 184 Å². The third kappa shape index (κ3) is 4.78. The molecule has 0 radical (unpaired) electrons. The maximum Gasteiger partial charge on any atom is 0.268 e. The third-order valence-electron chi connectivity index (χ3n) is 5.65. The molecule has 2 heterocycles. The van der Waals surface area contributed by atoms with Crippen molar-refractivity contribution in [2.45, 2.75) is 25.4 Å². The van der Waals surface area contributed by atoms with Crippen molar-refractivity contribution in [2.75, 3.05) is 25.1 Å². The molecule has 1 aliphatic rings. The molecule has 4 rings (SSSR count). The van der Waals surface area contributed by atoms with Crippen LogP contribution in [0.4, 0.5) is 14.5 Å². The summed E-state index contributed by atoms with van der Waals surface area (Å²) < 4.78 is 33.4. The van der Waals surface area contributed by atoms with Gasteiger partial charge in [0.2, 0.25) is 0 Å². The molecular formula is C24H24F2N2O2S. The van der Waals surface area contributed by atoms with E-state index in [1.165, 1.54) is 29.5 Å². The van der Waals surface area contributed by atoms with Crippen LogP contribution in [0.25, 0.3) is 0 Å². The Bertz CT molecular complexity index is 1010. The number of ether oxygens (including phenoxy) is 1. The van der Waals surface area contributed by atoms with Gasteiger partial charge in [0, 0.05) is 43.0 Å². The van der Waals surface area contributed by atoms with Gasteiger partial charge in [-0.1, -0.05) is 18.2 Å². The SMILES string of the molecule is COc1cccc(N(C(=O)c2cccs2)C2CCN(Cc3c(F)cccc3F)CC2)c1. The summed E-state index contributed by atoms with van der Waals surface area (Å²) in [5.74, 6) is -0.392. The highest BCUT2D eigenvalue weighted by molar-refractivity contribution is 7.12. The molecule has 0 unspecified atom stereocenters. The molecule has 3 aromatic rings. The van der Waals surface area contributed by atoms with Gasteiger partial charge in [-0.25, -0.2) is 8.78 Å². The van der Waals surface area contributed by atoms with E-state index in [-0.39, 0.29) is 24.1 Å². The molecule has 0 bridgehead atoms. The molecule has 1 saturated heterocycles.